The third kappa shape index (κ3) is 4.14. The predicted molar refractivity (Wildman–Crippen MR) is 120 cm³/mol. The van der Waals surface area contributed by atoms with E-state index in [1.807, 2.05) is 24.3 Å². The number of amides is 1. The smallest absolute Gasteiger partial charge is 0.269 e. The molecule has 164 valence electrons. The Balaban J connectivity index is 1.45. The first-order valence-electron chi connectivity index (χ1n) is 9.51. The van der Waals surface area contributed by atoms with Gasteiger partial charge in [-0.05, 0) is 30.7 Å². The number of furan rings is 1. The number of hydrogen-bond donors (Lipinski definition) is 1. The Hall–Kier alpha value is -3.86. The van der Waals surface area contributed by atoms with Gasteiger partial charge in [-0.2, -0.15) is 0 Å². The number of nitrogens with zero attached hydrogens (tertiary/aromatic N) is 4. The van der Waals surface area contributed by atoms with Crippen LogP contribution in [0.4, 0.5) is 11.4 Å². The number of methoxy groups -OCH3 is 1. The van der Waals surface area contributed by atoms with E-state index in [-0.39, 0.29) is 17.3 Å². The number of aromatic nitrogens is 3. The van der Waals surface area contributed by atoms with Gasteiger partial charge >= 0.3 is 0 Å². The molecule has 0 fully saturated rings. The number of fused-ring (bicyclic) bond motifs is 1. The Morgan fingerprint density at radius 1 is 1.28 bits per heavy atom. The van der Waals surface area contributed by atoms with Crippen LogP contribution in [0.5, 0.6) is 5.75 Å². The lowest BCUT2D eigenvalue weighted by Gasteiger charge is -2.08. The number of aryl methyl sites for hydroxylation is 1. The van der Waals surface area contributed by atoms with Crippen LogP contribution in [-0.4, -0.2) is 38.5 Å². The molecule has 2 aromatic carbocycles. The number of nitro groups is 1. The summed E-state index contributed by atoms with van der Waals surface area (Å²) in [5, 5.41) is 23.4. The highest BCUT2D eigenvalue weighted by Crippen LogP contribution is 2.33. The van der Waals surface area contributed by atoms with E-state index in [9.17, 15) is 14.9 Å². The summed E-state index contributed by atoms with van der Waals surface area (Å²) in [6.07, 6.45) is 0. The number of rotatable bonds is 7. The van der Waals surface area contributed by atoms with Crippen molar-refractivity contribution in [2.45, 2.75) is 12.1 Å². The third-order valence-corrected chi connectivity index (χ3v) is 5.83. The largest absolute Gasteiger partial charge is 0.493 e. The van der Waals surface area contributed by atoms with E-state index in [1.54, 1.807) is 25.6 Å². The van der Waals surface area contributed by atoms with Crippen LogP contribution in [0.25, 0.3) is 22.6 Å². The highest BCUT2D eigenvalue weighted by Gasteiger charge is 2.18. The minimum Gasteiger partial charge on any atom is -0.493 e. The van der Waals surface area contributed by atoms with Crippen LogP contribution in [0.15, 0.2) is 52.0 Å². The van der Waals surface area contributed by atoms with Gasteiger partial charge in [0.15, 0.2) is 28.1 Å². The minimum atomic E-state index is -0.474. The summed E-state index contributed by atoms with van der Waals surface area (Å²) < 4.78 is 13.0. The second-order valence-corrected chi connectivity index (χ2v) is 7.89. The highest BCUT2D eigenvalue weighted by molar-refractivity contribution is 7.99. The molecule has 0 aliphatic heterocycles. The zero-order chi connectivity index (χ0) is 22.8. The fourth-order valence-corrected chi connectivity index (χ4v) is 3.89. The summed E-state index contributed by atoms with van der Waals surface area (Å²) in [5.74, 6) is 1.53. The molecule has 0 spiro atoms. The van der Waals surface area contributed by atoms with E-state index >= 15 is 0 Å². The van der Waals surface area contributed by atoms with Gasteiger partial charge in [-0.1, -0.05) is 23.9 Å². The lowest BCUT2D eigenvalue weighted by atomic mass is 10.2. The number of thioether (sulfide) groups is 1. The number of carbonyl (C=O) groups excluding carboxylic acids is 1. The lowest BCUT2D eigenvalue weighted by molar-refractivity contribution is -0.384. The zero-order valence-corrected chi connectivity index (χ0v) is 18.3. The van der Waals surface area contributed by atoms with Crippen molar-refractivity contribution in [3.63, 3.8) is 0 Å². The van der Waals surface area contributed by atoms with Crippen LogP contribution in [-0.2, 0) is 11.8 Å². The van der Waals surface area contributed by atoms with Crippen molar-refractivity contribution in [1.29, 1.82) is 0 Å². The van der Waals surface area contributed by atoms with E-state index < -0.39 is 4.92 Å². The predicted octanol–water partition coefficient (Wildman–Crippen LogP) is 4.18. The molecular formula is C21H19N5O5S. The SMILES string of the molecule is COc1cccc2cc(-c3nnc(SCC(=O)Nc4ccc([N+](=O)[O-])cc4C)n3C)oc12. The van der Waals surface area contributed by atoms with Crippen LogP contribution in [0.3, 0.4) is 0 Å². The van der Waals surface area contributed by atoms with Gasteiger partial charge in [-0.15, -0.1) is 10.2 Å². The Morgan fingerprint density at radius 2 is 2.09 bits per heavy atom. The summed E-state index contributed by atoms with van der Waals surface area (Å²) >= 11 is 1.22. The maximum absolute atomic E-state index is 12.4. The van der Waals surface area contributed by atoms with Gasteiger partial charge in [-0.25, -0.2) is 0 Å². The Morgan fingerprint density at radius 3 is 2.81 bits per heavy atom. The Kier molecular flexibility index (Phi) is 5.82. The summed E-state index contributed by atoms with van der Waals surface area (Å²) in [6, 6.07) is 11.8. The van der Waals surface area contributed by atoms with Gasteiger partial charge < -0.3 is 19.0 Å². The van der Waals surface area contributed by atoms with Crippen LogP contribution in [0, 0.1) is 17.0 Å². The molecule has 1 amide bonds. The topological polar surface area (TPSA) is 125 Å². The van der Waals surface area contributed by atoms with Crippen molar-refractivity contribution in [2.24, 2.45) is 7.05 Å². The van der Waals surface area contributed by atoms with E-state index in [1.165, 1.54) is 30.0 Å². The van der Waals surface area contributed by atoms with Crippen molar-refractivity contribution < 1.29 is 18.9 Å². The number of nitro benzene ring substituents is 1. The van der Waals surface area contributed by atoms with Crippen molar-refractivity contribution in [3.8, 4) is 17.3 Å². The van der Waals surface area contributed by atoms with E-state index in [2.05, 4.69) is 15.5 Å². The molecule has 0 unspecified atom stereocenters. The maximum atomic E-state index is 12.4. The number of nitrogens with one attached hydrogen (secondary N) is 1. The van der Waals surface area contributed by atoms with Crippen molar-refractivity contribution in [3.05, 3.63) is 58.1 Å². The molecule has 1 N–H and O–H groups in total. The number of ether oxygens (including phenoxy) is 1. The molecule has 10 nitrogen and oxygen atoms in total. The molecule has 32 heavy (non-hydrogen) atoms. The average molecular weight is 453 g/mol. The first kappa shape index (κ1) is 21.4. The molecule has 0 radical (unpaired) electrons. The van der Waals surface area contributed by atoms with Gasteiger partial charge in [0, 0.05) is 30.3 Å². The molecule has 0 bridgehead atoms. The summed E-state index contributed by atoms with van der Waals surface area (Å²) in [7, 11) is 3.37. The number of benzene rings is 2. The van der Waals surface area contributed by atoms with Gasteiger partial charge in [0.25, 0.3) is 5.69 Å². The first-order valence-corrected chi connectivity index (χ1v) is 10.5. The number of anilines is 1. The first-order chi connectivity index (χ1) is 15.4. The maximum Gasteiger partial charge on any atom is 0.269 e. The molecule has 0 saturated carbocycles. The summed E-state index contributed by atoms with van der Waals surface area (Å²) in [4.78, 5) is 22.8. The molecule has 2 aromatic heterocycles. The van der Waals surface area contributed by atoms with Gasteiger partial charge in [-0.3, -0.25) is 14.9 Å². The molecule has 11 heteroatoms. The molecule has 2 heterocycles. The van der Waals surface area contributed by atoms with Crippen LogP contribution >= 0.6 is 11.8 Å². The minimum absolute atomic E-state index is 0.0234. The number of carbonyl (C=O) groups is 1. The quantitative estimate of drug-likeness (QED) is 0.251. The normalized spacial score (nSPS) is 11.0. The molecular weight excluding hydrogens is 434 g/mol. The van der Waals surface area contributed by atoms with Crippen LogP contribution < -0.4 is 10.1 Å². The molecule has 4 aromatic rings. The number of para-hydroxylation sites is 1. The molecule has 0 aliphatic rings. The Bertz CT molecular complexity index is 1330. The van der Waals surface area contributed by atoms with Gasteiger partial charge in [0.1, 0.15) is 0 Å². The number of hydrogen-bond acceptors (Lipinski definition) is 8. The second kappa shape index (κ2) is 8.71. The number of non-ortho nitro benzene ring substituents is 1. The standard InChI is InChI=1S/C21H19N5O5S/c1-12-9-14(26(28)29)7-8-15(12)22-18(27)11-32-21-24-23-20(25(21)2)17-10-13-5-4-6-16(30-3)19(13)31-17/h4-10H,11H2,1-3H3,(H,22,27). The summed E-state index contributed by atoms with van der Waals surface area (Å²) in [5.41, 5.74) is 1.74. The zero-order valence-electron chi connectivity index (χ0n) is 17.5. The lowest BCUT2D eigenvalue weighted by Crippen LogP contribution is -2.15. The second-order valence-electron chi connectivity index (χ2n) is 6.95. The molecule has 0 aliphatic carbocycles. The Labute approximate surface area is 186 Å². The van der Waals surface area contributed by atoms with E-state index in [0.717, 1.165) is 5.39 Å². The van der Waals surface area contributed by atoms with Crippen LogP contribution in [0.2, 0.25) is 0 Å². The van der Waals surface area contributed by atoms with Crippen molar-refractivity contribution >= 4 is 40.0 Å². The summed E-state index contributed by atoms with van der Waals surface area (Å²) in [6.45, 7) is 1.70. The van der Waals surface area contributed by atoms with Crippen molar-refractivity contribution in [2.75, 3.05) is 18.2 Å². The molecule has 4 rings (SSSR count). The van der Waals surface area contributed by atoms with Gasteiger partial charge in [0.2, 0.25) is 5.91 Å². The fraction of sp³-hybridized carbons (Fsp3) is 0.190. The highest BCUT2D eigenvalue weighted by atomic mass is 32.2. The van der Waals surface area contributed by atoms with E-state index in [0.29, 0.717) is 39.3 Å². The van der Waals surface area contributed by atoms with Crippen LogP contribution in [0.1, 0.15) is 5.56 Å². The van der Waals surface area contributed by atoms with Crippen molar-refractivity contribution in [1.82, 2.24) is 14.8 Å². The fourth-order valence-electron chi connectivity index (χ4n) is 3.18. The molecule has 0 saturated heterocycles. The molecule has 0 atom stereocenters. The monoisotopic (exact) mass is 453 g/mol. The third-order valence-electron chi connectivity index (χ3n) is 4.81. The van der Waals surface area contributed by atoms with E-state index in [4.69, 9.17) is 9.15 Å². The average Bonchev–Trinajstić information content (AvgIpc) is 3.36. The van der Waals surface area contributed by atoms with Gasteiger partial charge in [0.05, 0.1) is 17.8 Å².